The zero-order chi connectivity index (χ0) is 18.5. The summed E-state index contributed by atoms with van der Waals surface area (Å²) in [6.07, 6.45) is 0.531. The van der Waals surface area contributed by atoms with Crippen molar-refractivity contribution in [1.29, 1.82) is 0 Å². The highest BCUT2D eigenvalue weighted by Crippen LogP contribution is 2.46. The molecule has 0 unspecified atom stereocenters. The minimum Gasteiger partial charge on any atom is -0.467 e. The number of nitrogens with zero attached hydrogens (tertiary/aromatic N) is 1. The van der Waals surface area contributed by atoms with E-state index in [0.717, 1.165) is 5.56 Å². The number of nitrogens with one attached hydrogen (secondary N) is 1. The standard InChI is InChI=1S/C19H17ClN2O4/c1-19-10-15(14-8-11(17(23)25-2)6-7-16(14)26-19)21-18(24)22(19)13-5-3-4-12(20)9-13/h3-9,15H,10H2,1-2H3,(H,21,24)/t15-,19+/m1/s1. The number of amides is 2. The van der Waals surface area contributed by atoms with Crippen molar-refractivity contribution in [2.45, 2.75) is 25.1 Å². The summed E-state index contributed by atoms with van der Waals surface area (Å²) in [5.41, 5.74) is 0.984. The van der Waals surface area contributed by atoms with E-state index in [0.29, 0.717) is 28.4 Å². The van der Waals surface area contributed by atoms with E-state index in [-0.39, 0.29) is 12.1 Å². The van der Waals surface area contributed by atoms with Crippen LogP contribution in [0.15, 0.2) is 42.5 Å². The molecule has 2 aliphatic rings. The van der Waals surface area contributed by atoms with Gasteiger partial charge in [0.1, 0.15) is 5.75 Å². The number of carbonyl (C=O) groups excluding carboxylic acids is 2. The predicted octanol–water partition coefficient (Wildman–Crippen LogP) is 3.90. The molecule has 4 rings (SSSR count). The highest BCUT2D eigenvalue weighted by atomic mass is 35.5. The lowest BCUT2D eigenvalue weighted by molar-refractivity contribution is 0.0377. The number of hydrogen-bond donors (Lipinski definition) is 1. The number of carbonyl (C=O) groups is 2. The number of anilines is 1. The summed E-state index contributed by atoms with van der Waals surface area (Å²) in [6.45, 7) is 1.87. The quantitative estimate of drug-likeness (QED) is 0.812. The van der Waals surface area contributed by atoms with Crippen molar-refractivity contribution in [2.75, 3.05) is 12.0 Å². The van der Waals surface area contributed by atoms with Gasteiger partial charge in [0.25, 0.3) is 0 Å². The fourth-order valence-corrected chi connectivity index (χ4v) is 3.81. The van der Waals surface area contributed by atoms with Gasteiger partial charge in [0.15, 0.2) is 5.72 Å². The first-order chi connectivity index (χ1) is 12.4. The molecule has 0 aliphatic carbocycles. The van der Waals surface area contributed by atoms with Gasteiger partial charge >= 0.3 is 12.0 Å². The topological polar surface area (TPSA) is 67.9 Å². The van der Waals surface area contributed by atoms with Gasteiger partial charge in [-0.3, -0.25) is 4.90 Å². The molecule has 2 aliphatic heterocycles. The zero-order valence-electron chi connectivity index (χ0n) is 14.3. The molecule has 0 spiro atoms. The summed E-state index contributed by atoms with van der Waals surface area (Å²) in [6, 6.07) is 11.7. The van der Waals surface area contributed by atoms with Crippen LogP contribution in [0.25, 0.3) is 0 Å². The number of halogens is 1. The second-order valence-electron chi connectivity index (χ2n) is 6.54. The van der Waals surface area contributed by atoms with E-state index in [9.17, 15) is 9.59 Å². The number of benzene rings is 2. The van der Waals surface area contributed by atoms with Crippen LogP contribution in [-0.4, -0.2) is 24.8 Å². The molecule has 2 amide bonds. The molecule has 0 radical (unpaired) electrons. The van der Waals surface area contributed by atoms with Crippen molar-refractivity contribution in [1.82, 2.24) is 5.32 Å². The highest BCUT2D eigenvalue weighted by molar-refractivity contribution is 6.30. The molecule has 1 fully saturated rings. The largest absolute Gasteiger partial charge is 0.467 e. The Labute approximate surface area is 155 Å². The summed E-state index contributed by atoms with van der Waals surface area (Å²) in [5, 5.41) is 3.53. The molecule has 2 aromatic carbocycles. The SMILES string of the molecule is COC(=O)c1ccc2c(c1)[C@H]1C[C@](C)(O2)N(c2cccc(Cl)c2)C(=O)N1. The molecule has 0 aromatic heterocycles. The molecule has 7 heteroatoms. The van der Waals surface area contributed by atoms with Gasteiger partial charge in [-0.15, -0.1) is 0 Å². The molecule has 2 bridgehead atoms. The zero-order valence-corrected chi connectivity index (χ0v) is 15.0. The molecule has 1 N–H and O–H groups in total. The van der Waals surface area contributed by atoms with Gasteiger partial charge in [-0.05, 0) is 43.3 Å². The van der Waals surface area contributed by atoms with E-state index in [1.165, 1.54) is 7.11 Å². The van der Waals surface area contributed by atoms with Crippen LogP contribution in [-0.2, 0) is 4.74 Å². The third kappa shape index (κ3) is 2.57. The van der Waals surface area contributed by atoms with Crippen LogP contribution in [0, 0.1) is 0 Å². The minimum atomic E-state index is -0.864. The third-order valence-electron chi connectivity index (χ3n) is 4.76. The number of fused-ring (bicyclic) bond motifs is 4. The molecular formula is C19H17ClN2O4. The number of rotatable bonds is 2. The minimum absolute atomic E-state index is 0.253. The first-order valence-electron chi connectivity index (χ1n) is 8.19. The van der Waals surface area contributed by atoms with Gasteiger partial charge in [-0.25, -0.2) is 9.59 Å². The average molecular weight is 373 g/mol. The molecular weight excluding hydrogens is 356 g/mol. The summed E-state index contributed by atoms with van der Waals surface area (Å²) >= 11 is 6.09. The summed E-state index contributed by atoms with van der Waals surface area (Å²) < 4.78 is 11.0. The van der Waals surface area contributed by atoms with Gasteiger partial charge in [0, 0.05) is 17.0 Å². The normalized spacial score (nSPS) is 23.6. The fourth-order valence-electron chi connectivity index (χ4n) is 3.63. The second-order valence-corrected chi connectivity index (χ2v) is 6.98. The van der Waals surface area contributed by atoms with Crippen molar-refractivity contribution in [3.8, 4) is 5.75 Å². The van der Waals surface area contributed by atoms with Crippen LogP contribution in [0.1, 0.15) is 35.3 Å². The maximum atomic E-state index is 12.8. The van der Waals surface area contributed by atoms with E-state index in [4.69, 9.17) is 21.1 Å². The van der Waals surface area contributed by atoms with Crippen molar-refractivity contribution >= 4 is 29.3 Å². The monoisotopic (exact) mass is 372 g/mol. The average Bonchev–Trinajstić information content (AvgIpc) is 2.60. The van der Waals surface area contributed by atoms with Gasteiger partial charge in [0.05, 0.1) is 24.4 Å². The van der Waals surface area contributed by atoms with Crippen LogP contribution >= 0.6 is 11.6 Å². The van der Waals surface area contributed by atoms with Gasteiger partial charge < -0.3 is 14.8 Å². The number of ether oxygens (including phenoxy) is 2. The molecule has 0 saturated carbocycles. The van der Waals surface area contributed by atoms with Crippen molar-refractivity contribution in [2.24, 2.45) is 0 Å². The van der Waals surface area contributed by atoms with Crippen LogP contribution < -0.4 is 15.0 Å². The highest BCUT2D eigenvalue weighted by Gasteiger charge is 2.50. The second kappa shape index (κ2) is 5.92. The Kier molecular flexibility index (Phi) is 3.80. The van der Waals surface area contributed by atoms with Crippen LogP contribution in [0.5, 0.6) is 5.75 Å². The van der Waals surface area contributed by atoms with E-state index < -0.39 is 11.7 Å². The van der Waals surface area contributed by atoms with Gasteiger partial charge in [0.2, 0.25) is 0 Å². The van der Waals surface area contributed by atoms with Crippen LogP contribution in [0.3, 0.4) is 0 Å². The Morgan fingerprint density at radius 2 is 2.15 bits per heavy atom. The van der Waals surface area contributed by atoms with Crippen molar-refractivity contribution < 1.29 is 19.1 Å². The summed E-state index contributed by atoms with van der Waals surface area (Å²) in [7, 11) is 1.33. The summed E-state index contributed by atoms with van der Waals surface area (Å²) in [5.74, 6) is 0.201. The van der Waals surface area contributed by atoms with E-state index in [2.05, 4.69) is 5.32 Å². The lowest BCUT2D eigenvalue weighted by Gasteiger charge is -2.50. The molecule has 2 aromatic rings. The van der Waals surface area contributed by atoms with Crippen LogP contribution in [0.2, 0.25) is 5.02 Å². The fraction of sp³-hybridized carbons (Fsp3) is 0.263. The molecule has 26 heavy (non-hydrogen) atoms. The number of methoxy groups -OCH3 is 1. The lowest BCUT2D eigenvalue weighted by Crippen LogP contribution is -2.65. The lowest BCUT2D eigenvalue weighted by atomic mass is 9.89. The number of urea groups is 1. The molecule has 6 nitrogen and oxygen atoms in total. The van der Waals surface area contributed by atoms with Gasteiger partial charge in [-0.2, -0.15) is 0 Å². The molecule has 134 valence electrons. The smallest absolute Gasteiger partial charge is 0.337 e. The van der Waals surface area contributed by atoms with Crippen molar-refractivity contribution in [3.63, 3.8) is 0 Å². The Hall–Kier alpha value is -2.73. The Bertz CT molecular complexity index is 916. The first-order valence-corrected chi connectivity index (χ1v) is 8.57. The van der Waals surface area contributed by atoms with Crippen LogP contribution in [0.4, 0.5) is 10.5 Å². The Morgan fingerprint density at radius 1 is 1.35 bits per heavy atom. The molecule has 1 saturated heterocycles. The van der Waals surface area contributed by atoms with E-state index in [1.54, 1.807) is 41.3 Å². The van der Waals surface area contributed by atoms with E-state index >= 15 is 0 Å². The molecule has 2 atom stereocenters. The number of esters is 1. The Balaban J connectivity index is 1.76. The third-order valence-corrected chi connectivity index (χ3v) is 4.99. The first kappa shape index (κ1) is 16.7. The maximum absolute atomic E-state index is 12.8. The maximum Gasteiger partial charge on any atom is 0.337 e. The summed E-state index contributed by atoms with van der Waals surface area (Å²) in [4.78, 5) is 26.2. The van der Waals surface area contributed by atoms with Gasteiger partial charge in [-0.1, -0.05) is 17.7 Å². The number of hydrogen-bond acceptors (Lipinski definition) is 4. The predicted molar refractivity (Wildman–Crippen MR) is 96.6 cm³/mol. The van der Waals surface area contributed by atoms with Crippen molar-refractivity contribution in [3.05, 3.63) is 58.6 Å². The Morgan fingerprint density at radius 3 is 2.88 bits per heavy atom. The molecule has 2 heterocycles. The van der Waals surface area contributed by atoms with E-state index in [1.807, 2.05) is 13.0 Å².